The zero-order valence-corrected chi connectivity index (χ0v) is 11.4. The van der Waals surface area contributed by atoms with Crippen LogP contribution in [0.2, 0.25) is 0 Å². The van der Waals surface area contributed by atoms with Gasteiger partial charge in [-0.15, -0.1) is 0 Å². The number of nitro benzene ring substituents is 1. The van der Waals surface area contributed by atoms with Gasteiger partial charge in [0.25, 0.3) is 5.69 Å². The van der Waals surface area contributed by atoms with Gasteiger partial charge in [-0.1, -0.05) is 0 Å². The van der Waals surface area contributed by atoms with E-state index in [1.807, 2.05) is 4.90 Å². The molecule has 0 bridgehead atoms. The van der Waals surface area contributed by atoms with Gasteiger partial charge in [0.05, 0.1) is 24.6 Å². The van der Waals surface area contributed by atoms with Gasteiger partial charge in [0.1, 0.15) is 0 Å². The van der Waals surface area contributed by atoms with Crippen molar-refractivity contribution in [3.8, 4) is 0 Å². The normalized spacial score (nSPS) is 16.5. The molecule has 0 aliphatic carbocycles. The number of hydrogen-bond acceptors (Lipinski definition) is 6. The van der Waals surface area contributed by atoms with Crippen LogP contribution in [0.1, 0.15) is 18.0 Å². The Morgan fingerprint density at radius 3 is 2.71 bits per heavy atom. The number of carboxylic acids is 1. The minimum atomic E-state index is -1.04. The Kier molecular flexibility index (Phi) is 4.71. The van der Waals surface area contributed by atoms with Crippen molar-refractivity contribution in [1.82, 2.24) is 0 Å². The number of rotatable bonds is 5. The molecular weight excluding hydrogens is 278 g/mol. The maximum atomic E-state index is 10.9. The molecule has 0 spiro atoms. The lowest BCUT2D eigenvalue weighted by atomic mass is 10.0. The summed E-state index contributed by atoms with van der Waals surface area (Å²) in [6.45, 7) is 2.41. The van der Waals surface area contributed by atoms with Gasteiger partial charge in [0, 0.05) is 37.0 Å². The monoisotopic (exact) mass is 295 g/mol. The molecule has 1 aromatic rings. The third-order valence-electron chi connectivity index (χ3n) is 3.37. The number of aliphatic carboxylic acids is 1. The maximum absolute atomic E-state index is 10.9. The molecule has 1 fully saturated rings. The highest BCUT2D eigenvalue weighted by molar-refractivity contribution is 5.69. The fourth-order valence-electron chi connectivity index (χ4n) is 2.34. The Balaban J connectivity index is 2.37. The van der Waals surface area contributed by atoms with Crippen molar-refractivity contribution in [1.29, 1.82) is 0 Å². The molecule has 1 aliphatic rings. The van der Waals surface area contributed by atoms with Crippen molar-refractivity contribution >= 4 is 17.3 Å². The van der Waals surface area contributed by atoms with E-state index >= 15 is 0 Å². The van der Waals surface area contributed by atoms with Crippen molar-refractivity contribution in [2.45, 2.75) is 12.5 Å². The van der Waals surface area contributed by atoms with E-state index in [2.05, 4.69) is 0 Å². The lowest BCUT2D eigenvalue weighted by Crippen LogP contribution is -2.37. The number of anilines is 1. The molecule has 1 atom stereocenters. The summed E-state index contributed by atoms with van der Waals surface area (Å²) < 4.78 is 5.27. The smallest absolute Gasteiger partial charge is 0.305 e. The summed E-state index contributed by atoms with van der Waals surface area (Å²) in [6.07, 6.45) is -0.279. The molecule has 3 N–H and O–H groups in total. The molecular formula is C13H17N3O5. The van der Waals surface area contributed by atoms with Gasteiger partial charge >= 0.3 is 5.97 Å². The Morgan fingerprint density at radius 1 is 1.48 bits per heavy atom. The minimum Gasteiger partial charge on any atom is -0.481 e. The number of ether oxygens (including phenoxy) is 1. The van der Waals surface area contributed by atoms with Gasteiger partial charge in [-0.25, -0.2) is 0 Å². The van der Waals surface area contributed by atoms with Crippen LogP contribution in [0.4, 0.5) is 11.4 Å². The number of nitrogens with zero attached hydrogens (tertiary/aromatic N) is 2. The zero-order valence-electron chi connectivity index (χ0n) is 11.4. The van der Waals surface area contributed by atoms with Gasteiger partial charge in [-0.2, -0.15) is 0 Å². The molecule has 1 aliphatic heterocycles. The number of nitrogens with two attached hydrogens (primary N) is 1. The van der Waals surface area contributed by atoms with Crippen molar-refractivity contribution in [3.05, 3.63) is 33.9 Å². The summed E-state index contributed by atoms with van der Waals surface area (Å²) >= 11 is 0. The van der Waals surface area contributed by atoms with Crippen LogP contribution < -0.4 is 10.6 Å². The van der Waals surface area contributed by atoms with E-state index < -0.39 is 16.9 Å². The third kappa shape index (κ3) is 3.67. The first kappa shape index (κ1) is 15.2. The maximum Gasteiger partial charge on any atom is 0.305 e. The summed E-state index contributed by atoms with van der Waals surface area (Å²) in [7, 11) is 0. The second-order valence-electron chi connectivity index (χ2n) is 4.80. The van der Waals surface area contributed by atoms with Crippen LogP contribution in [0.5, 0.6) is 0 Å². The van der Waals surface area contributed by atoms with Crippen LogP contribution in [0.15, 0.2) is 18.2 Å². The molecule has 1 saturated heterocycles. The number of non-ortho nitro benzene ring substituents is 1. The van der Waals surface area contributed by atoms with Crippen LogP contribution in [-0.4, -0.2) is 42.3 Å². The summed E-state index contributed by atoms with van der Waals surface area (Å²) in [6, 6.07) is 3.60. The number of benzene rings is 1. The molecule has 0 aromatic heterocycles. The highest BCUT2D eigenvalue weighted by Crippen LogP contribution is 2.31. The summed E-state index contributed by atoms with van der Waals surface area (Å²) in [5.41, 5.74) is 7.03. The fourth-order valence-corrected chi connectivity index (χ4v) is 2.34. The van der Waals surface area contributed by atoms with E-state index in [0.717, 1.165) is 5.69 Å². The van der Waals surface area contributed by atoms with Gasteiger partial charge in [0.15, 0.2) is 0 Å². The number of carboxylic acid groups (broad SMARTS) is 1. The van der Waals surface area contributed by atoms with E-state index in [1.165, 1.54) is 12.1 Å². The average molecular weight is 295 g/mol. The molecule has 0 radical (unpaired) electrons. The molecule has 0 saturated carbocycles. The quantitative estimate of drug-likeness (QED) is 0.612. The summed E-state index contributed by atoms with van der Waals surface area (Å²) in [5, 5.41) is 19.8. The molecule has 1 unspecified atom stereocenters. The molecule has 2 rings (SSSR count). The molecule has 1 aromatic carbocycles. The topological polar surface area (TPSA) is 119 Å². The van der Waals surface area contributed by atoms with Gasteiger partial charge in [0.2, 0.25) is 0 Å². The first-order valence-electron chi connectivity index (χ1n) is 6.57. The molecule has 8 nitrogen and oxygen atoms in total. The standard InChI is InChI=1S/C13H17N3O5/c14-11(8-13(17)18)10-7-9(16(19)20)1-2-12(10)15-3-5-21-6-4-15/h1-2,7,11H,3-6,8,14H2,(H,17,18). The first-order chi connectivity index (χ1) is 9.99. The molecule has 0 amide bonds. The lowest BCUT2D eigenvalue weighted by molar-refractivity contribution is -0.384. The second-order valence-corrected chi connectivity index (χ2v) is 4.80. The number of morpholine rings is 1. The highest BCUT2D eigenvalue weighted by Gasteiger charge is 2.22. The zero-order chi connectivity index (χ0) is 15.4. The molecule has 21 heavy (non-hydrogen) atoms. The third-order valence-corrected chi connectivity index (χ3v) is 3.37. The van der Waals surface area contributed by atoms with E-state index in [-0.39, 0.29) is 12.1 Å². The SMILES string of the molecule is NC(CC(=O)O)c1cc([N+](=O)[O-])ccc1N1CCOCC1. The summed E-state index contributed by atoms with van der Waals surface area (Å²) in [4.78, 5) is 23.2. The van der Waals surface area contributed by atoms with Crippen molar-refractivity contribution in [2.24, 2.45) is 5.73 Å². The molecule has 1 heterocycles. The van der Waals surface area contributed by atoms with Gasteiger partial charge in [-0.3, -0.25) is 14.9 Å². The van der Waals surface area contributed by atoms with Crippen molar-refractivity contribution in [2.75, 3.05) is 31.2 Å². The highest BCUT2D eigenvalue weighted by atomic mass is 16.6. The van der Waals surface area contributed by atoms with Crippen LogP contribution in [0.3, 0.4) is 0 Å². The number of nitro groups is 1. The van der Waals surface area contributed by atoms with Crippen LogP contribution in [-0.2, 0) is 9.53 Å². The Bertz CT molecular complexity index is 543. The second kappa shape index (κ2) is 6.51. The number of hydrogen-bond donors (Lipinski definition) is 2. The minimum absolute atomic E-state index is 0.0946. The predicted octanol–water partition coefficient (Wildman–Crippen LogP) is 0.906. The van der Waals surface area contributed by atoms with Crippen molar-refractivity contribution < 1.29 is 19.6 Å². The van der Waals surface area contributed by atoms with Gasteiger partial charge in [-0.05, 0) is 11.6 Å². The Hall–Kier alpha value is -2.19. The summed E-state index contributed by atoms with van der Waals surface area (Å²) in [5.74, 6) is -1.04. The van der Waals surface area contributed by atoms with Gasteiger partial charge < -0.3 is 20.5 Å². The van der Waals surface area contributed by atoms with Crippen LogP contribution >= 0.6 is 0 Å². The van der Waals surface area contributed by atoms with Crippen LogP contribution in [0, 0.1) is 10.1 Å². The van der Waals surface area contributed by atoms with E-state index in [0.29, 0.717) is 31.9 Å². The van der Waals surface area contributed by atoms with E-state index in [1.54, 1.807) is 6.07 Å². The van der Waals surface area contributed by atoms with E-state index in [9.17, 15) is 14.9 Å². The predicted molar refractivity (Wildman–Crippen MR) is 75.3 cm³/mol. The van der Waals surface area contributed by atoms with Crippen molar-refractivity contribution in [3.63, 3.8) is 0 Å². The van der Waals surface area contributed by atoms with E-state index in [4.69, 9.17) is 15.6 Å². The fraction of sp³-hybridized carbons (Fsp3) is 0.462. The number of carbonyl (C=O) groups is 1. The Morgan fingerprint density at radius 2 is 2.14 bits per heavy atom. The molecule has 114 valence electrons. The van der Waals surface area contributed by atoms with Crippen LogP contribution in [0.25, 0.3) is 0 Å². The molecule has 8 heteroatoms. The Labute approximate surface area is 121 Å². The first-order valence-corrected chi connectivity index (χ1v) is 6.57. The largest absolute Gasteiger partial charge is 0.481 e. The lowest BCUT2D eigenvalue weighted by Gasteiger charge is -2.31. The average Bonchev–Trinajstić information content (AvgIpc) is 2.46.